The number of halogens is 3. The molecule has 0 aromatic heterocycles. The molecule has 0 heterocycles. The Balaban J connectivity index is 3.27. The van der Waals surface area contributed by atoms with Gasteiger partial charge >= 0.3 is 6.18 Å². The number of hydrogen-bond donors (Lipinski definition) is 2. The van der Waals surface area contributed by atoms with Gasteiger partial charge in [0.05, 0.1) is 11.6 Å². The predicted molar refractivity (Wildman–Crippen MR) is 56.3 cm³/mol. The summed E-state index contributed by atoms with van der Waals surface area (Å²) in [7, 11) is 0. The highest BCUT2D eigenvalue weighted by atomic mass is 19.4. The van der Waals surface area contributed by atoms with E-state index in [9.17, 15) is 13.2 Å². The van der Waals surface area contributed by atoms with E-state index in [1.54, 1.807) is 6.92 Å². The number of benzene rings is 1. The molecule has 0 saturated heterocycles. The molecule has 0 saturated carbocycles. The van der Waals surface area contributed by atoms with Crippen molar-refractivity contribution in [1.29, 1.82) is 0 Å². The fourth-order valence-corrected chi connectivity index (χ4v) is 1.50. The molecule has 0 aliphatic heterocycles. The van der Waals surface area contributed by atoms with Crippen molar-refractivity contribution in [2.45, 2.75) is 19.1 Å². The lowest BCUT2D eigenvalue weighted by molar-refractivity contribution is -0.138. The Hall–Kier alpha value is -1.33. The minimum atomic E-state index is -4.39. The number of hydrazine groups is 1. The van der Waals surface area contributed by atoms with Gasteiger partial charge in [0.2, 0.25) is 0 Å². The van der Waals surface area contributed by atoms with Crippen molar-refractivity contribution in [1.82, 2.24) is 5.43 Å². The van der Waals surface area contributed by atoms with Crippen LogP contribution < -0.4 is 11.3 Å². The predicted octanol–water partition coefficient (Wildman–Crippen LogP) is 2.79. The molecule has 0 amide bonds. The molecule has 2 nitrogen and oxygen atoms in total. The van der Waals surface area contributed by atoms with Crippen LogP contribution in [0.4, 0.5) is 13.2 Å². The van der Waals surface area contributed by atoms with Gasteiger partial charge in [0, 0.05) is 0 Å². The molecule has 0 aliphatic carbocycles. The Morgan fingerprint density at radius 1 is 1.38 bits per heavy atom. The summed E-state index contributed by atoms with van der Waals surface area (Å²) in [4.78, 5) is 0. The van der Waals surface area contributed by atoms with Crippen LogP contribution in [-0.2, 0) is 6.18 Å². The molecule has 16 heavy (non-hydrogen) atoms. The zero-order valence-corrected chi connectivity index (χ0v) is 8.81. The van der Waals surface area contributed by atoms with Crippen LogP contribution in [0.25, 0.3) is 0 Å². The zero-order chi connectivity index (χ0) is 12.3. The molecule has 1 aromatic rings. The van der Waals surface area contributed by atoms with Gasteiger partial charge in [0.25, 0.3) is 0 Å². The van der Waals surface area contributed by atoms with Gasteiger partial charge in [-0.2, -0.15) is 13.2 Å². The Morgan fingerprint density at radius 2 is 1.94 bits per heavy atom. The van der Waals surface area contributed by atoms with Crippen molar-refractivity contribution in [3.05, 3.63) is 47.5 Å². The topological polar surface area (TPSA) is 38.0 Å². The largest absolute Gasteiger partial charge is 0.416 e. The Kier molecular flexibility index (Phi) is 3.72. The molecular formula is C11H13F3N2. The van der Waals surface area contributed by atoms with Gasteiger partial charge in [-0.15, -0.1) is 0 Å². The molecule has 0 aliphatic rings. The quantitative estimate of drug-likeness (QED) is 0.476. The van der Waals surface area contributed by atoms with E-state index in [0.29, 0.717) is 5.57 Å². The summed E-state index contributed by atoms with van der Waals surface area (Å²) in [5.41, 5.74) is 2.25. The molecule has 1 aromatic carbocycles. The second kappa shape index (κ2) is 4.67. The second-order valence-electron chi connectivity index (χ2n) is 3.53. The van der Waals surface area contributed by atoms with Gasteiger partial charge in [-0.3, -0.25) is 5.84 Å². The lowest BCUT2D eigenvalue weighted by Gasteiger charge is -2.21. The molecule has 1 atom stereocenters. The van der Waals surface area contributed by atoms with Crippen LogP contribution in [0.15, 0.2) is 36.4 Å². The van der Waals surface area contributed by atoms with E-state index < -0.39 is 17.8 Å². The number of rotatable bonds is 3. The SMILES string of the molecule is C=C(C)C(NN)c1ccccc1C(F)(F)F. The third kappa shape index (κ3) is 2.62. The Morgan fingerprint density at radius 3 is 2.38 bits per heavy atom. The Labute approximate surface area is 91.9 Å². The molecule has 88 valence electrons. The molecule has 5 heteroatoms. The highest BCUT2D eigenvalue weighted by Gasteiger charge is 2.34. The molecule has 0 radical (unpaired) electrons. The van der Waals surface area contributed by atoms with Crippen LogP contribution in [0, 0.1) is 0 Å². The summed E-state index contributed by atoms with van der Waals surface area (Å²) in [5, 5.41) is 0. The minimum Gasteiger partial charge on any atom is -0.271 e. The maximum atomic E-state index is 12.7. The molecule has 0 spiro atoms. The maximum absolute atomic E-state index is 12.7. The second-order valence-corrected chi connectivity index (χ2v) is 3.53. The van der Waals surface area contributed by atoms with Crippen molar-refractivity contribution in [2.24, 2.45) is 5.84 Å². The van der Waals surface area contributed by atoms with Crippen molar-refractivity contribution >= 4 is 0 Å². The van der Waals surface area contributed by atoms with Crippen LogP contribution in [0.2, 0.25) is 0 Å². The van der Waals surface area contributed by atoms with E-state index >= 15 is 0 Å². The van der Waals surface area contributed by atoms with Crippen LogP contribution in [0.5, 0.6) is 0 Å². The maximum Gasteiger partial charge on any atom is 0.416 e. The monoisotopic (exact) mass is 230 g/mol. The number of alkyl halides is 3. The molecule has 0 fully saturated rings. The van der Waals surface area contributed by atoms with Crippen LogP contribution in [-0.4, -0.2) is 0 Å². The summed E-state index contributed by atoms with van der Waals surface area (Å²) in [6.45, 7) is 5.24. The van der Waals surface area contributed by atoms with Crippen molar-refractivity contribution in [2.75, 3.05) is 0 Å². The van der Waals surface area contributed by atoms with Gasteiger partial charge < -0.3 is 0 Å². The third-order valence-electron chi connectivity index (χ3n) is 2.24. The summed E-state index contributed by atoms with van der Waals surface area (Å²) in [6, 6.07) is 4.61. The Bertz CT molecular complexity index is 385. The summed E-state index contributed by atoms with van der Waals surface area (Å²) in [5.74, 6) is 5.24. The molecule has 3 N–H and O–H groups in total. The first-order valence-electron chi connectivity index (χ1n) is 4.65. The van der Waals surface area contributed by atoms with Crippen molar-refractivity contribution in [3.63, 3.8) is 0 Å². The number of hydrogen-bond acceptors (Lipinski definition) is 2. The third-order valence-corrected chi connectivity index (χ3v) is 2.24. The normalized spacial score (nSPS) is 13.6. The zero-order valence-electron chi connectivity index (χ0n) is 8.81. The first-order valence-corrected chi connectivity index (χ1v) is 4.65. The molecular weight excluding hydrogens is 217 g/mol. The highest BCUT2D eigenvalue weighted by molar-refractivity contribution is 5.36. The molecule has 0 bridgehead atoms. The highest BCUT2D eigenvalue weighted by Crippen LogP contribution is 2.35. The number of nitrogens with two attached hydrogens (primary N) is 1. The average molecular weight is 230 g/mol. The van der Waals surface area contributed by atoms with Crippen LogP contribution in [0.1, 0.15) is 24.1 Å². The number of nitrogens with one attached hydrogen (secondary N) is 1. The van der Waals surface area contributed by atoms with Crippen LogP contribution >= 0.6 is 0 Å². The van der Waals surface area contributed by atoms with E-state index in [0.717, 1.165) is 6.07 Å². The molecule has 1 rings (SSSR count). The summed E-state index contributed by atoms with van der Waals surface area (Å²) < 4.78 is 38.1. The summed E-state index contributed by atoms with van der Waals surface area (Å²) in [6.07, 6.45) is -4.39. The van der Waals surface area contributed by atoms with Gasteiger partial charge in [0.1, 0.15) is 0 Å². The smallest absolute Gasteiger partial charge is 0.271 e. The van der Waals surface area contributed by atoms with E-state index in [-0.39, 0.29) is 5.56 Å². The summed E-state index contributed by atoms with van der Waals surface area (Å²) >= 11 is 0. The lowest BCUT2D eigenvalue weighted by atomic mass is 9.96. The van der Waals surface area contributed by atoms with Crippen molar-refractivity contribution < 1.29 is 13.2 Å². The van der Waals surface area contributed by atoms with E-state index in [1.165, 1.54) is 18.2 Å². The van der Waals surface area contributed by atoms with Gasteiger partial charge in [0.15, 0.2) is 0 Å². The fourth-order valence-electron chi connectivity index (χ4n) is 1.50. The van der Waals surface area contributed by atoms with Crippen molar-refractivity contribution in [3.8, 4) is 0 Å². The first-order chi connectivity index (χ1) is 7.38. The minimum absolute atomic E-state index is 0.0880. The van der Waals surface area contributed by atoms with E-state index in [2.05, 4.69) is 12.0 Å². The van der Waals surface area contributed by atoms with Crippen LogP contribution in [0.3, 0.4) is 0 Å². The average Bonchev–Trinajstić information content (AvgIpc) is 2.17. The lowest BCUT2D eigenvalue weighted by Crippen LogP contribution is -2.30. The standard InChI is InChI=1S/C11H13F3N2/c1-7(2)10(16-15)8-5-3-4-6-9(8)11(12,13)14/h3-6,10,16H,1,15H2,2H3. The van der Waals surface area contributed by atoms with Gasteiger partial charge in [-0.05, 0) is 18.6 Å². The fraction of sp³-hybridized carbons (Fsp3) is 0.273. The van der Waals surface area contributed by atoms with Gasteiger partial charge in [-0.1, -0.05) is 30.4 Å². The first kappa shape index (κ1) is 12.7. The van der Waals surface area contributed by atoms with E-state index in [4.69, 9.17) is 5.84 Å². The molecule has 1 unspecified atom stereocenters. The van der Waals surface area contributed by atoms with Gasteiger partial charge in [-0.25, -0.2) is 5.43 Å². The van der Waals surface area contributed by atoms with E-state index in [1.807, 2.05) is 0 Å².